The zero-order valence-corrected chi connectivity index (χ0v) is 15.9. The summed E-state index contributed by atoms with van der Waals surface area (Å²) in [6.07, 6.45) is 1.55. The van der Waals surface area contributed by atoms with Crippen molar-refractivity contribution in [3.05, 3.63) is 65.3 Å². The standard InChI is InChI=1S/C20H17ClN2O5/c1-26-14-5-6-17(15(10-14)20(25)27-2)23-12-3-8-19(22-11-12)28-18-7-4-13(24)9-16(18)21/h3-11,23-24H,1-2H3. The van der Waals surface area contributed by atoms with E-state index in [1.165, 1.54) is 26.4 Å². The first-order valence-electron chi connectivity index (χ1n) is 8.16. The Labute approximate surface area is 166 Å². The fourth-order valence-electron chi connectivity index (χ4n) is 2.39. The van der Waals surface area contributed by atoms with Crippen LogP contribution in [0.25, 0.3) is 0 Å². The van der Waals surface area contributed by atoms with Crippen molar-refractivity contribution in [3.63, 3.8) is 0 Å². The number of benzene rings is 2. The third kappa shape index (κ3) is 4.44. The maximum atomic E-state index is 12.0. The quantitative estimate of drug-likeness (QED) is 0.576. The van der Waals surface area contributed by atoms with E-state index in [1.807, 2.05) is 0 Å². The van der Waals surface area contributed by atoms with E-state index in [0.717, 1.165) is 0 Å². The first-order valence-corrected chi connectivity index (χ1v) is 8.53. The normalized spacial score (nSPS) is 10.2. The molecule has 8 heteroatoms. The zero-order chi connectivity index (χ0) is 20.1. The van der Waals surface area contributed by atoms with E-state index in [2.05, 4.69) is 10.3 Å². The molecule has 0 fully saturated rings. The van der Waals surface area contributed by atoms with Gasteiger partial charge in [0.1, 0.15) is 17.2 Å². The average Bonchev–Trinajstić information content (AvgIpc) is 2.71. The summed E-state index contributed by atoms with van der Waals surface area (Å²) in [7, 11) is 2.83. The molecule has 0 aliphatic carbocycles. The number of carbonyl (C=O) groups is 1. The van der Waals surface area contributed by atoms with E-state index in [0.29, 0.717) is 34.3 Å². The predicted molar refractivity (Wildman–Crippen MR) is 105 cm³/mol. The molecule has 0 aliphatic rings. The van der Waals surface area contributed by atoms with Crippen LogP contribution in [0.15, 0.2) is 54.7 Å². The molecule has 3 aromatic rings. The Kier molecular flexibility index (Phi) is 5.86. The predicted octanol–water partition coefficient (Wildman–Crippen LogP) is 4.77. The zero-order valence-electron chi connectivity index (χ0n) is 15.1. The van der Waals surface area contributed by atoms with Crippen LogP contribution in [0, 0.1) is 0 Å². The lowest BCUT2D eigenvalue weighted by atomic mass is 10.1. The topological polar surface area (TPSA) is 89.9 Å². The number of aromatic nitrogens is 1. The van der Waals surface area contributed by atoms with Gasteiger partial charge in [0.15, 0.2) is 0 Å². The van der Waals surface area contributed by atoms with Crippen molar-refractivity contribution in [2.45, 2.75) is 0 Å². The van der Waals surface area contributed by atoms with Crippen LogP contribution in [0.1, 0.15) is 10.4 Å². The van der Waals surface area contributed by atoms with E-state index in [4.69, 9.17) is 25.8 Å². The fraction of sp³-hybridized carbons (Fsp3) is 0.100. The Morgan fingerprint density at radius 2 is 1.93 bits per heavy atom. The van der Waals surface area contributed by atoms with Gasteiger partial charge in [-0.15, -0.1) is 0 Å². The summed E-state index contributed by atoms with van der Waals surface area (Å²) >= 11 is 6.02. The third-order valence-corrected chi connectivity index (χ3v) is 4.07. The summed E-state index contributed by atoms with van der Waals surface area (Å²) in [5.41, 5.74) is 1.52. The molecule has 0 amide bonds. The maximum absolute atomic E-state index is 12.0. The number of anilines is 2. The van der Waals surface area contributed by atoms with E-state index in [9.17, 15) is 9.90 Å². The number of esters is 1. The van der Waals surface area contributed by atoms with Crippen molar-refractivity contribution in [3.8, 4) is 23.1 Å². The van der Waals surface area contributed by atoms with E-state index < -0.39 is 5.97 Å². The smallest absolute Gasteiger partial charge is 0.340 e. The monoisotopic (exact) mass is 400 g/mol. The number of phenols is 1. The number of nitrogens with zero attached hydrogens (tertiary/aromatic N) is 1. The van der Waals surface area contributed by atoms with Gasteiger partial charge in [-0.1, -0.05) is 11.6 Å². The molecule has 1 aromatic heterocycles. The summed E-state index contributed by atoms with van der Waals surface area (Å²) in [5.74, 6) is 0.789. The minimum absolute atomic E-state index is 0.0470. The first kappa shape index (κ1) is 19.3. The van der Waals surface area contributed by atoms with Gasteiger partial charge in [-0.05, 0) is 36.4 Å². The fourth-order valence-corrected chi connectivity index (χ4v) is 2.61. The van der Waals surface area contributed by atoms with Crippen molar-refractivity contribution in [2.24, 2.45) is 0 Å². The number of halogens is 1. The number of rotatable bonds is 6. The lowest BCUT2D eigenvalue weighted by molar-refractivity contribution is 0.0601. The summed E-state index contributed by atoms with van der Waals surface area (Å²) in [6.45, 7) is 0. The number of methoxy groups -OCH3 is 2. The molecule has 3 rings (SSSR count). The van der Waals surface area contributed by atoms with Crippen molar-refractivity contribution >= 4 is 28.9 Å². The minimum atomic E-state index is -0.490. The highest BCUT2D eigenvalue weighted by molar-refractivity contribution is 6.32. The molecule has 144 valence electrons. The van der Waals surface area contributed by atoms with Gasteiger partial charge in [0.25, 0.3) is 0 Å². The van der Waals surface area contributed by atoms with Crippen molar-refractivity contribution in [2.75, 3.05) is 19.5 Å². The number of ether oxygens (including phenoxy) is 3. The molecule has 0 unspecified atom stereocenters. The first-order chi connectivity index (χ1) is 13.5. The molecule has 0 atom stereocenters. The van der Waals surface area contributed by atoms with Crippen LogP contribution in [0.4, 0.5) is 11.4 Å². The van der Waals surface area contributed by atoms with Crippen LogP contribution < -0.4 is 14.8 Å². The van der Waals surface area contributed by atoms with Crippen molar-refractivity contribution < 1.29 is 24.1 Å². The number of carbonyl (C=O) groups excluding carboxylic acids is 1. The number of phenolic OH excluding ortho intramolecular Hbond substituents is 1. The molecule has 0 radical (unpaired) electrons. The van der Waals surface area contributed by atoms with Crippen molar-refractivity contribution in [1.29, 1.82) is 0 Å². The number of aromatic hydroxyl groups is 1. The molecule has 2 aromatic carbocycles. The summed E-state index contributed by atoms with van der Waals surface area (Å²) in [5, 5.41) is 12.8. The van der Waals surface area contributed by atoms with Gasteiger partial charge >= 0.3 is 5.97 Å². The number of hydrogen-bond acceptors (Lipinski definition) is 7. The van der Waals surface area contributed by atoms with Crippen LogP contribution in [0.5, 0.6) is 23.1 Å². The second-order valence-electron chi connectivity index (χ2n) is 5.63. The van der Waals surface area contributed by atoms with Crippen LogP contribution >= 0.6 is 11.6 Å². The number of nitrogens with one attached hydrogen (secondary N) is 1. The lowest BCUT2D eigenvalue weighted by Gasteiger charge is -2.13. The molecule has 0 spiro atoms. The summed E-state index contributed by atoms with van der Waals surface area (Å²) in [4.78, 5) is 16.2. The summed E-state index contributed by atoms with van der Waals surface area (Å²) in [6, 6.07) is 12.8. The highest BCUT2D eigenvalue weighted by Crippen LogP contribution is 2.32. The minimum Gasteiger partial charge on any atom is -0.508 e. The second-order valence-corrected chi connectivity index (χ2v) is 6.04. The van der Waals surface area contributed by atoms with E-state index >= 15 is 0 Å². The van der Waals surface area contributed by atoms with Gasteiger partial charge in [-0.25, -0.2) is 9.78 Å². The molecule has 2 N–H and O–H groups in total. The second kappa shape index (κ2) is 8.49. The molecule has 7 nitrogen and oxygen atoms in total. The van der Waals surface area contributed by atoms with Crippen LogP contribution in [0.3, 0.4) is 0 Å². The molecule has 0 saturated heterocycles. The van der Waals surface area contributed by atoms with Crippen LogP contribution in [-0.2, 0) is 4.74 Å². The molecule has 28 heavy (non-hydrogen) atoms. The van der Waals surface area contributed by atoms with Crippen molar-refractivity contribution in [1.82, 2.24) is 4.98 Å². The average molecular weight is 401 g/mol. The Balaban J connectivity index is 1.78. The molecule has 1 heterocycles. The number of hydrogen-bond donors (Lipinski definition) is 2. The largest absolute Gasteiger partial charge is 0.508 e. The molecule has 0 saturated carbocycles. The maximum Gasteiger partial charge on any atom is 0.340 e. The number of pyridine rings is 1. The lowest BCUT2D eigenvalue weighted by Crippen LogP contribution is -2.06. The highest BCUT2D eigenvalue weighted by Gasteiger charge is 2.14. The van der Waals surface area contributed by atoms with Crippen LogP contribution in [-0.4, -0.2) is 30.3 Å². The van der Waals surface area contributed by atoms with E-state index in [1.54, 1.807) is 42.6 Å². The SMILES string of the molecule is COC(=O)c1cc(OC)ccc1Nc1ccc(Oc2ccc(O)cc2Cl)nc1. The molecule has 0 aliphatic heterocycles. The van der Waals surface area contributed by atoms with Gasteiger partial charge < -0.3 is 24.6 Å². The third-order valence-electron chi connectivity index (χ3n) is 3.78. The van der Waals surface area contributed by atoms with Gasteiger partial charge in [-0.3, -0.25) is 0 Å². The molecule has 0 bridgehead atoms. The van der Waals surface area contributed by atoms with Gasteiger partial charge in [-0.2, -0.15) is 0 Å². The summed E-state index contributed by atoms with van der Waals surface area (Å²) < 4.78 is 15.6. The van der Waals surface area contributed by atoms with Gasteiger partial charge in [0, 0.05) is 12.1 Å². The Hall–Kier alpha value is -3.45. The Bertz CT molecular complexity index is 992. The Morgan fingerprint density at radius 3 is 2.57 bits per heavy atom. The van der Waals surface area contributed by atoms with Gasteiger partial charge in [0.05, 0.1) is 42.4 Å². The van der Waals surface area contributed by atoms with E-state index in [-0.39, 0.29) is 10.8 Å². The Morgan fingerprint density at radius 1 is 1.11 bits per heavy atom. The highest BCUT2D eigenvalue weighted by atomic mass is 35.5. The molecular formula is C20H17ClN2O5. The van der Waals surface area contributed by atoms with Crippen LogP contribution in [0.2, 0.25) is 5.02 Å². The molecular weight excluding hydrogens is 384 g/mol. The van der Waals surface area contributed by atoms with Gasteiger partial charge in [0.2, 0.25) is 5.88 Å².